The molecule has 0 radical (unpaired) electrons. The average Bonchev–Trinajstić information content (AvgIpc) is 2.41. The van der Waals surface area contributed by atoms with Gasteiger partial charge in [-0.05, 0) is 50.6 Å². The first-order chi connectivity index (χ1) is 8.99. The van der Waals surface area contributed by atoms with Crippen LogP contribution in [0.5, 0.6) is 0 Å². The molecule has 1 amide bonds. The molecule has 0 spiro atoms. The van der Waals surface area contributed by atoms with Crippen molar-refractivity contribution in [3.05, 3.63) is 33.8 Å². The summed E-state index contributed by atoms with van der Waals surface area (Å²) in [5.74, 6) is -0.154. The quantitative estimate of drug-likeness (QED) is 0.931. The molecule has 1 saturated heterocycles. The highest BCUT2D eigenvalue weighted by molar-refractivity contribution is 6.42. The van der Waals surface area contributed by atoms with Gasteiger partial charge < -0.3 is 5.73 Å². The highest BCUT2D eigenvalue weighted by Gasteiger charge is 2.26. The molecule has 3 nitrogen and oxygen atoms in total. The van der Waals surface area contributed by atoms with E-state index in [4.69, 9.17) is 28.9 Å². The van der Waals surface area contributed by atoms with Crippen LogP contribution in [-0.4, -0.2) is 23.9 Å². The van der Waals surface area contributed by atoms with Crippen molar-refractivity contribution < 1.29 is 4.79 Å². The van der Waals surface area contributed by atoms with E-state index in [1.165, 1.54) is 0 Å². The second-order valence-electron chi connectivity index (χ2n) is 5.06. The second-order valence-corrected chi connectivity index (χ2v) is 5.88. The number of primary amides is 1. The number of nitrogens with two attached hydrogens (primary N) is 1. The van der Waals surface area contributed by atoms with Crippen molar-refractivity contribution in [1.29, 1.82) is 0 Å². The SMILES string of the molecule is C[C@H](c1ccc(Cl)c(Cl)c1)N1CCC(C(N)=O)CC1. The van der Waals surface area contributed by atoms with Gasteiger partial charge in [0.2, 0.25) is 5.91 Å². The summed E-state index contributed by atoms with van der Waals surface area (Å²) in [6, 6.07) is 6.00. The third-order valence-electron chi connectivity index (χ3n) is 3.91. The fourth-order valence-corrected chi connectivity index (χ4v) is 2.86. The van der Waals surface area contributed by atoms with Crippen molar-refractivity contribution in [2.24, 2.45) is 11.7 Å². The fraction of sp³-hybridized carbons (Fsp3) is 0.500. The monoisotopic (exact) mass is 300 g/mol. The first kappa shape index (κ1) is 14.6. The summed E-state index contributed by atoms with van der Waals surface area (Å²) in [4.78, 5) is 13.5. The van der Waals surface area contributed by atoms with Gasteiger partial charge in [0.05, 0.1) is 10.0 Å². The number of benzene rings is 1. The van der Waals surface area contributed by atoms with Gasteiger partial charge in [-0.1, -0.05) is 29.3 Å². The van der Waals surface area contributed by atoms with Crippen molar-refractivity contribution in [2.75, 3.05) is 13.1 Å². The van der Waals surface area contributed by atoms with Crippen LogP contribution in [0.2, 0.25) is 10.0 Å². The summed E-state index contributed by atoms with van der Waals surface area (Å²) in [5, 5.41) is 1.16. The zero-order valence-corrected chi connectivity index (χ0v) is 12.4. The number of hydrogen-bond donors (Lipinski definition) is 1. The van der Waals surface area contributed by atoms with E-state index in [-0.39, 0.29) is 17.9 Å². The van der Waals surface area contributed by atoms with Crippen molar-refractivity contribution in [2.45, 2.75) is 25.8 Å². The maximum absolute atomic E-state index is 11.2. The number of carbonyl (C=O) groups is 1. The summed E-state index contributed by atoms with van der Waals surface area (Å²) >= 11 is 12.0. The first-order valence-corrected chi connectivity index (χ1v) is 7.23. The van der Waals surface area contributed by atoms with E-state index < -0.39 is 0 Å². The van der Waals surface area contributed by atoms with Crippen molar-refractivity contribution in [3.63, 3.8) is 0 Å². The molecule has 0 saturated carbocycles. The minimum Gasteiger partial charge on any atom is -0.369 e. The molecule has 5 heteroatoms. The summed E-state index contributed by atoms with van der Waals surface area (Å²) in [7, 11) is 0. The molecule has 1 atom stereocenters. The molecule has 1 aromatic rings. The fourth-order valence-electron chi connectivity index (χ4n) is 2.55. The van der Waals surface area contributed by atoms with E-state index in [0.29, 0.717) is 10.0 Å². The number of carbonyl (C=O) groups excluding carboxylic acids is 1. The van der Waals surface area contributed by atoms with Crippen LogP contribution in [-0.2, 0) is 4.79 Å². The van der Waals surface area contributed by atoms with Crippen LogP contribution < -0.4 is 5.73 Å². The number of amides is 1. The zero-order chi connectivity index (χ0) is 14.0. The lowest BCUT2D eigenvalue weighted by molar-refractivity contribution is -0.123. The third kappa shape index (κ3) is 3.41. The molecule has 1 fully saturated rings. The van der Waals surface area contributed by atoms with Crippen molar-refractivity contribution in [1.82, 2.24) is 4.90 Å². The standard InChI is InChI=1S/C14H18Cl2N2O/c1-9(11-2-3-12(15)13(16)8-11)18-6-4-10(5-7-18)14(17)19/h2-3,8-10H,4-7H2,1H3,(H2,17,19)/t9-/m1/s1. The van der Waals surface area contributed by atoms with Crippen LogP contribution in [0.15, 0.2) is 18.2 Å². The molecule has 2 N–H and O–H groups in total. The van der Waals surface area contributed by atoms with Gasteiger partial charge in [0, 0.05) is 12.0 Å². The molecule has 0 bridgehead atoms. The predicted molar refractivity (Wildman–Crippen MR) is 78.4 cm³/mol. The van der Waals surface area contributed by atoms with Gasteiger partial charge in [-0.15, -0.1) is 0 Å². The molecule has 0 aliphatic carbocycles. The Morgan fingerprint density at radius 1 is 1.32 bits per heavy atom. The molecular weight excluding hydrogens is 283 g/mol. The molecular formula is C14H18Cl2N2O. The van der Waals surface area contributed by atoms with E-state index in [1.807, 2.05) is 18.2 Å². The van der Waals surface area contributed by atoms with Gasteiger partial charge in [0.1, 0.15) is 0 Å². The molecule has 2 rings (SSSR count). The average molecular weight is 301 g/mol. The topological polar surface area (TPSA) is 46.3 Å². The Morgan fingerprint density at radius 3 is 2.47 bits per heavy atom. The normalized spacial score (nSPS) is 19.3. The van der Waals surface area contributed by atoms with Crippen LogP contribution in [0.4, 0.5) is 0 Å². The predicted octanol–water partition coefficient (Wildman–Crippen LogP) is 3.25. The van der Waals surface area contributed by atoms with Gasteiger partial charge in [0.15, 0.2) is 0 Å². The Balaban J connectivity index is 2.02. The Bertz CT molecular complexity index is 471. The van der Waals surface area contributed by atoms with E-state index in [1.54, 1.807) is 0 Å². The maximum atomic E-state index is 11.2. The molecule has 1 aromatic carbocycles. The summed E-state index contributed by atoms with van der Waals surface area (Å²) in [6.07, 6.45) is 1.67. The van der Waals surface area contributed by atoms with E-state index in [2.05, 4.69) is 11.8 Å². The van der Waals surface area contributed by atoms with Gasteiger partial charge in [0.25, 0.3) is 0 Å². The minimum atomic E-state index is -0.179. The molecule has 104 valence electrons. The Hall–Kier alpha value is -0.770. The van der Waals surface area contributed by atoms with Crippen LogP contribution >= 0.6 is 23.2 Å². The number of nitrogens with zero attached hydrogens (tertiary/aromatic N) is 1. The summed E-state index contributed by atoms with van der Waals surface area (Å²) in [6.45, 7) is 3.91. The lowest BCUT2D eigenvalue weighted by Crippen LogP contribution is -2.39. The number of hydrogen-bond acceptors (Lipinski definition) is 2. The van der Waals surface area contributed by atoms with Crippen LogP contribution in [0.1, 0.15) is 31.4 Å². The number of likely N-dealkylation sites (tertiary alicyclic amines) is 1. The molecule has 1 heterocycles. The smallest absolute Gasteiger partial charge is 0.220 e. The zero-order valence-electron chi connectivity index (χ0n) is 10.9. The van der Waals surface area contributed by atoms with Crippen LogP contribution in [0.3, 0.4) is 0 Å². The van der Waals surface area contributed by atoms with E-state index >= 15 is 0 Å². The molecule has 19 heavy (non-hydrogen) atoms. The number of halogens is 2. The maximum Gasteiger partial charge on any atom is 0.220 e. The molecule has 0 unspecified atom stereocenters. The van der Waals surface area contributed by atoms with Crippen LogP contribution in [0.25, 0.3) is 0 Å². The third-order valence-corrected chi connectivity index (χ3v) is 4.64. The Labute approximate surface area is 123 Å². The molecule has 0 aromatic heterocycles. The highest BCUT2D eigenvalue weighted by Crippen LogP contribution is 2.30. The van der Waals surface area contributed by atoms with Gasteiger partial charge in [-0.25, -0.2) is 0 Å². The molecule has 1 aliphatic heterocycles. The van der Waals surface area contributed by atoms with Crippen molar-refractivity contribution in [3.8, 4) is 0 Å². The largest absolute Gasteiger partial charge is 0.369 e. The van der Waals surface area contributed by atoms with Crippen molar-refractivity contribution >= 4 is 29.1 Å². The highest BCUT2D eigenvalue weighted by atomic mass is 35.5. The van der Waals surface area contributed by atoms with Gasteiger partial charge >= 0.3 is 0 Å². The Kier molecular flexibility index (Phi) is 4.71. The Morgan fingerprint density at radius 2 is 1.95 bits per heavy atom. The number of piperidine rings is 1. The van der Waals surface area contributed by atoms with E-state index in [9.17, 15) is 4.79 Å². The first-order valence-electron chi connectivity index (χ1n) is 6.47. The van der Waals surface area contributed by atoms with Crippen LogP contribution in [0, 0.1) is 5.92 Å². The minimum absolute atomic E-state index is 0.0252. The van der Waals surface area contributed by atoms with Gasteiger partial charge in [-0.3, -0.25) is 9.69 Å². The molecule has 1 aliphatic rings. The van der Waals surface area contributed by atoms with Gasteiger partial charge in [-0.2, -0.15) is 0 Å². The number of rotatable bonds is 3. The summed E-state index contributed by atoms with van der Waals surface area (Å²) < 4.78 is 0. The second kappa shape index (κ2) is 6.12. The lowest BCUT2D eigenvalue weighted by Gasteiger charge is -2.35. The van der Waals surface area contributed by atoms with E-state index in [0.717, 1.165) is 31.5 Å². The summed E-state index contributed by atoms with van der Waals surface area (Å²) in [5.41, 5.74) is 6.49. The lowest BCUT2D eigenvalue weighted by atomic mass is 9.94.